The number of hydrogen-bond donors (Lipinski definition) is 1. The quantitative estimate of drug-likeness (QED) is 0.548. The van der Waals surface area contributed by atoms with Crippen LogP contribution < -0.4 is 0 Å². The molecule has 0 aliphatic rings. The average Bonchev–Trinajstić information content (AvgIpc) is 2.31. The monoisotopic (exact) mass is 376 g/mol. The molecule has 0 saturated heterocycles. The second-order valence-electron chi connectivity index (χ2n) is 3.73. The van der Waals surface area contributed by atoms with Gasteiger partial charge in [0, 0.05) is 0 Å². The van der Waals surface area contributed by atoms with Gasteiger partial charge in [-0.2, -0.15) is 30.4 Å². The van der Waals surface area contributed by atoms with Gasteiger partial charge < -0.3 is 0 Å². The molecule has 5 atom stereocenters. The molecule has 0 bridgehead atoms. The molecule has 0 aromatic carbocycles. The van der Waals surface area contributed by atoms with Gasteiger partial charge in [-0.15, -0.1) is 0 Å². The maximum absolute atomic E-state index is 12.9. The van der Waals surface area contributed by atoms with Crippen LogP contribution in [-0.4, -0.2) is 56.1 Å². The van der Waals surface area contributed by atoms with Crippen LogP contribution in [-0.2, 0) is 14.6 Å². The zero-order valence-corrected chi connectivity index (χ0v) is 10.6. The van der Waals surface area contributed by atoms with E-state index in [1.54, 1.807) is 0 Å². The molecule has 0 aromatic heterocycles. The summed E-state index contributed by atoms with van der Waals surface area (Å²) in [4.78, 5) is 0. The third kappa shape index (κ3) is 5.12. The fourth-order valence-corrected chi connectivity index (χ4v) is 1.35. The fourth-order valence-electron chi connectivity index (χ4n) is 1.01. The summed E-state index contributed by atoms with van der Waals surface area (Å²) in [7, 11) is -5.73. The summed E-state index contributed by atoms with van der Waals surface area (Å²) in [5, 5.41) is 0. The Bertz CT molecular complexity index is 464. The summed E-state index contributed by atoms with van der Waals surface area (Å²) in [5.74, 6) is -6.42. The highest BCUT2D eigenvalue weighted by atomic mass is 32.3. The molecule has 1 N–H and O–H groups in total. The molecule has 0 heterocycles. The van der Waals surface area contributed by atoms with E-state index >= 15 is 0 Å². The summed E-state index contributed by atoms with van der Waals surface area (Å²) >= 11 is 0. The van der Waals surface area contributed by atoms with Gasteiger partial charge in [0.15, 0.2) is 18.5 Å². The van der Waals surface area contributed by atoms with Gasteiger partial charge >= 0.3 is 22.5 Å². The molecule has 134 valence electrons. The first-order valence-corrected chi connectivity index (χ1v) is 6.19. The zero-order chi connectivity index (χ0) is 18.1. The molecule has 0 amide bonds. The molecule has 0 saturated carbocycles. The lowest BCUT2D eigenvalue weighted by Crippen LogP contribution is -2.53. The Balaban J connectivity index is 5.09. The van der Waals surface area contributed by atoms with Crippen molar-refractivity contribution in [2.24, 2.45) is 0 Å². The second kappa shape index (κ2) is 6.74. The Kier molecular flexibility index (Phi) is 6.48. The Morgan fingerprint density at radius 2 is 1.23 bits per heavy atom. The zero-order valence-electron chi connectivity index (χ0n) is 9.75. The number of alkyl halides is 10. The van der Waals surface area contributed by atoms with Crippen LogP contribution in [0.25, 0.3) is 0 Å². The van der Waals surface area contributed by atoms with Gasteiger partial charge in [0.1, 0.15) is 0 Å². The predicted molar refractivity (Wildman–Crippen MR) is 48.1 cm³/mol. The molecule has 0 fully saturated rings. The highest BCUT2D eigenvalue weighted by molar-refractivity contribution is 7.80. The topological polar surface area (TPSA) is 63.6 Å². The molecule has 0 spiro atoms. The maximum atomic E-state index is 12.9. The van der Waals surface area contributed by atoms with Crippen LogP contribution in [0.1, 0.15) is 0 Å². The minimum atomic E-state index is -6.65. The predicted octanol–water partition coefficient (Wildman–Crippen LogP) is 2.65. The standard InChI is InChI=1S/C7H6F10O4S/c8-1(3(10)5(12)21-22(18,19)20)2(9)4(11)6(13,14)7(15,16)17/h1-5H,(H,18,19,20). The van der Waals surface area contributed by atoms with Crippen molar-refractivity contribution in [1.82, 2.24) is 0 Å². The highest BCUT2D eigenvalue weighted by Gasteiger charge is 2.67. The molecule has 0 aromatic rings. The first-order valence-electron chi connectivity index (χ1n) is 4.83. The van der Waals surface area contributed by atoms with E-state index in [1.165, 1.54) is 0 Å². The van der Waals surface area contributed by atoms with E-state index in [9.17, 15) is 52.3 Å². The summed E-state index contributed by atoms with van der Waals surface area (Å²) < 4.78 is 154. The Hall–Kier alpha value is -0.830. The van der Waals surface area contributed by atoms with E-state index in [4.69, 9.17) is 4.55 Å². The van der Waals surface area contributed by atoms with Crippen LogP contribution >= 0.6 is 0 Å². The summed E-state index contributed by atoms with van der Waals surface area (Å²) in [6.45, 7) is 0. The fraction of sp³-hybridized carbons (Fsp3) is 1.00. The van der Waals surface area contributed by atoms with Crippen LogP contribution in [0.5, 0.6) is 0 Å². The van der Waals surface area contributed by atoms with E-state index in [2.05, 4.69) is 4.18 Å². The van der Waals surface area contributed by atoms with Gasteiger partial charge in [0.05, 0.1) is 0 Å². The average molecular weight is 376 g/mol. The van der Waals surface area contributed by atoms with E-state index < -0.39 is 53.5 Å². The minimum absolute atomic E-state index is 2.75. The van der Waals surface area contributed by atoms with Crippen molar-refractivity contribution < 1.29 is 61.1 Å². The molecule has 5 unspecified atom stereocenters. The van der Waals surface area contributed by atoms with Gasteiger partial charge in [-0.05, 0) is 0 Å². The van der Waals surface area contributed by atoms with E-state index in [1.807, 2.05) is 0 Å². The molecule has 0 aliphatic carbocycles. The number of rotatable bonds is 7. The van der Waals surface area contributed by atoms with Crippen molar-refractivity contribution in [1.29, 1.82) is 0 Å². The third-order valence-corrected chi connectivity index (χ3v) is 2.50. The molecule has 4 nitrogen and oxygen atoms in total. The summed E-state index contributed by atoms with van der Waals surface area (Å²) in [6.07, 6.45) is -28.6. The van der Waals surface area contributed by atoms with Crippen LogP contribution in [0.2, 0.25) is 0 Å². The largest absolute Gasteiger partial charge is 0.456 e. The SMILES string of the molecule is O=S(=O)(O)OC(F)C(F)C(F)C(F)C(F)C(F)(F)C(F)(F)F. The highest BCUT2D eigenvalue weighted by Crippen LogP contribution is 2.42. The van der Waals surface area contributed by atoms with Crippen molar-refractivity contribution in [3.05, 3.63) is 0 Å². The molecule has 22 heavy (non-hydrogen) atoms. The van der Waals surface area contributed by atoms with E-state index in [-0.39, 0.29) is 0 Å². The van der Waals surface area contributed by atoms with Crippen molar-refractivity contribution in [3.8, 4) is 0 Å². The van der Waals surface area contributed by atoms with E-state index in [0.29, 0.717) is 0 Å². The van der Waals surface area contributed by atoms with Gasteiger partial charge in [0.25, 0.3) is 6.36 Å². The normalized spacial score (nSPS) is 21.0. The Labute approximate surface area is 116 Å². The van der Waals surface area contributed by atoms with Crippen LogP contribution in [0.15, 0.2) is 0 Å². The van der Waals surface area contributed by atoms with Gasteiger partial charge in [-0.1, -0.05) is 0 Å². The molecular weight excluding hydrogens is 370 g/mol. The summed E-state index contributed by atoms with van der Waals surface area (Å²) in [5.41, 5.74) is 0. The van der Waals surface area contributed by atoms with Crippen LogP contribution in [0.3, 0.4) is 0 Å². The lowest BCUT2D eigenvalue weighted by molar-refractivity contribution is -0.312. The van der Waals surface area contributed by atoms with Crippen molar-refractivity contribution in [2.75, 3.05) is 0 Å². The van der Waals surface area contributed by atoms with E-state index in [0.717, 1.165) is 0 Å². The maximum Gasteiger partial charge on any atom is 0.456 e. The Morgan fingerprint density at radius 1 is 0.818 bits per heavy atom. The Morgan fingerprint density at radius 3 is 1.55 bits per heavy atom. The second-order valence-corrected chi connectivity index (χ2v) is 4.78. The van der Waals surface area contributed by atoms with Gasteiger partial charge in [-0.25, -0.2) is 26.1 Å². The number of hydrogen-bond acceptors (Lipinski definition) is 3. The summed E-state index contributed by atoms with van der Waals surface area (Å²) in [6, 6.07) is 0. The van der Waals surface area contributed by atoms with Gasteiger partial charge in [0.2, 0.25) is 6.17 Å². The molecular formula is C7H6F10O4S. The van der Waals surface area contributed by atoms with Crippen molar-refractivity contribution >= 4 is 10.4 Å². The van der Waals surface area contributed by atoms with Crippen molar-refractivity contribution in [2.45, 2.75) is 43.1 Å². The lowest BCUT2D eigenvalue weighted by atomic mass is 10.0. The lowest BCUT2D eigenvalue weighted by Gasteiger charge is -2.28. The molecule has 0 radical (unpaired) electrons. The molecule has 0 aliphatic heterocycles. The van der Waals surface area contributed by atoms with Crippen molar-refractivity contribution in [3.63, 3.8) is 0 Å². The molecule has 0 rings (SSSR count). The van der Waals surface area contributed by atoms with Gasteiger partial charge in [-0.3, -0.25) is 4.55 Å². The van der Waals surface area contributed by atoms with Crippen LogP contribution in [0.4, 0.5) is 43.9 Å². The third-order valence-electron chi connectivity index (χ3n) is 2.08. The van der Waals surface area contributed by atoms with Crippen LogP contribution in [0, 0.1) is 0 Å². The first kappa shape index (κ1) is 21.2. The smallest absolute Gasteiger partial charge is 0.263 e. The first-order chi connectivity index (χ1) is 9.52. The minimum Gasteiger partial charge on any atom is -0.263 e. The molecule has 15 heteroatoms. The number of halogens is 10.